The molecule has 0 spiro atoms. The highest BCUT2D eigenvalue weighted by Gasteiger charge is 2.13. The zero-order valence-electron chi connectivity index (χ0n) is 11.6. The first-order valence-corrected chi connectivity index (χ1v) is 7.24. The fourth-order valence-corrected chi connectivity index (χ4v) is 2.61. The minimum Gasteiger partial charge on any atom is -0.490 e. The second-order valence-electron chi connectivity index (χ2n) is 5.22. The molecule has 0 radical (unpaired) electrons. The van der Waals surface area contributed by atoms with Crippen molar-refractivity contribution in [3.63, 3.8) is 0 Å². The van der Waals surface area contributed by atoms with E-state index in [4.69, 9.17) is 10.5 Å². The van der Waals surface area contributed by atoms with Gasteiger partial charge in [-0.1, -0.05) is 32.1 Å². The van der Waals surface area contributed by atoms with Gasteiger partial charge < -0.3 is 10.5 Å². The van der Waals surface area contributed by atoms with Crippen LogP contribution in [-0.4, -0.2) is 22.9 Å². The number of hydrogen-bond acceptors (Lipinski definition) is 3. The van der Waals surface area contributed by atoms with Crippen molar-refractivity contribution < 1.29 is 4.74 Å². The summed E-state index contributed by atoms with van der Waals surface area (Å²) >= 11 is 0. The average Bonchev–Trinajstić information content (AvgIpc) is 2.86. The van der Waals surface area contributed by atoms with Crippen molar-refractivity contribution in [3.8, 4) is 5.75 Å². The Bertz CT molecular complexity index is 337. The summed E-state index contributed by atoms with van der Waals surface area (Å²) in [5.74, 6) is 1.77. The molecule has 0 bridgehead atoms. The first-order valence-electron chi connectivity index (χ1n) is 7.24. The number of nitrogens with two attached hydrogens (primary N) is 1. The van der Waals surface area contributed by atoms with E-state index in [2.05, 4.69) is 5.10 Å². The molecule has 2 rings (SSSR count). The van der Waals surface area contributed by atoms with Gasteiger partial charge in [0.25, 0.3) is 0 Å². The normalized spacial score (nSPS) is 16.1. The van der Waals surface area contributed by atoms with Crippen LogP contribution in [0.4, 0.5) is 0 Å². The second-order valence-corrected chi connectivity index (χ2v) is 5.22. The molecule has 1 fully saturated rings. The molecule has 0 amide bonds. The van der Waals surface area contributed by atoms with Crippen molar-refractivity contribution in [2.75, 3.05) is 13.2 Å². The highest BCUT2D eigenvalue weighted by molar-refractivity contribution is 5.85. The molecule has 5 heteroatoms. The van der Waals surface area contributed by atoms with Crippen molar-refractivity contribution in [3.05, 3.63) is 12.4 Å². The Kier molecular flexibility index (Phi) is 7.91. The minimum atomic E-state index is 0. The summed E-state index contributed by atoms with van der Waals surface area (Å²) in [5.41, 5.74) is 5.43. The maximum atomic E-state index is 5.56. The van der Waals surface area contributed by atoms with Crippen molar-refractivity contribution in [1.29, 1.82) is 0 Å². The zero-order valence-corrected chi connectivity index (χ0v) is 12.4. The molecule has 1 heterocycles. The van der Waals surface area contributed by atoms with E-state index in [1.807, 2.05) is 10.9 Å². The van der Waals surface area contributed by atoms with E-state index >= 15 is 0 Å². The molecule has 4 nitrogen and oxygen atoms in total. The van der Waals surface area contributed by atoms with E-state index < -0.39 is 0 Å². The smallest absolute Gasteiger partial charge is 0.157 e. The van der Waals surface area contributed by atoms with Gasteiger partial charge in [-0.15, -0.1) is 12.4 Å². The molecule has 1 aromatic heterocycles. The van der Waals surface area contributed by atoms with Crippen LogP contribution in [0.15, 0.2) is 12.4 Å². The number of ether oxygens (including phenoxy) is 1. The summed E-state index contributed by atoms with van der Waals surface area (Å²) < 4.78 is 7.56. The second kappa shape index (κ2) is 9.21. The van der Waals surface area contributed by atoms with Crippen LogP contribution in [0.3, 0.4) is 0 Å². The van der Waals surface area contributed by atoms with Crippen molar-refractivity contribution in [2.45, 2.75) is 51.5 Å². The number of aryl methyl sites for hydroxylation is 1. The number of hydrogen-bond donors (Lipinski definition) is 1. The first kappa shape index (κ1) is 16.3. The zero-order chi connectivity index (χ0) is 12.6. The number of rotatable bonds is 7. The van der Waals surface area contributed by atoms with Gasteiger partial charge in [0.15, 0.2) is 5.75 Å². The van der Waals surface area contributed by atoms with E-state index in [1.54, 1.807) is 6.20 Å². The maximum Gasteiger partial charge on any atom is 0.157 e. The summed E-state index contributed by atoms with van der Waals surface area (Å²) in [4.78, 5) is 0. The standard InChI is InChI=1S/C14H25N3O.ClH/c15-8-4-10-18-14-11-16-17(12-14)9-7-13-5-2-1-3-6-13;/h11-13H,1-10,15H2;1H. The number of nitrogens with zero attached hydrogens (tertiary/aromatic N) is 2. The lowest BCUT2D eigenvalue weighted by Crippen LogP contribution is -2.10. The van der Waals surface area contributed by atoms with Gasteiger partial charge in [0.2, 0.25) is 0 Å². The third kappa shape index (κ3) is 5.83. The van der Waals surface area contributed by atoms with Gasteiger partial charge in [0.1, 0.15) is 0 Å². The molecule has 0 saturated heterocycles. The Hall–Kier alpha value is -0.740. The van der Waals surface area contributed by atoms with Gasteiger partial charge in [-0.05, 0) is 25.3 Å². The topological polar surface area (TPSA) is 53.1 Å². The Labute approximate surface area is 122 Å². The van der Waals surface area contributed by atoms with Gasteiger partial charge in [-0.25, -0.2) is 0 Å². The maximum absolute atomic E-state index is 5.56. The molecule has 1 aliphatic rings. The van der Waals surface area contributed by atoms with E-state index in [0.717, 1.165) is 24.6 Å². The molecule has 1 saturated carbocycles. The predicted octanol–water partition coefficient (Wildman–Crippen LogP) is 3.00. The molecular formula is C14H26ClN3O. The van der Waals surface area contributed by atoms with E-state index in [9.17, 15) is 0 Å². The highest BCUT2D eigenvalue weighted by atomic mass is 35.5. The molecule has 19 heavy (non-hydrogen) atoms. The fourth-order valence-electron chi connectivity index (χ4n) is 2.61. The molecule has 2 N–H and O–H groups in total. The van der Waals surface area contributed by atoms with Crippen molar-refractivity contribution >= 4 is 12.4 Å². The Morgan fingerprint density at radius 1 is 1.32 bits per heavy atom. The Balaban J connectivity index is 0.00000180. The van der Waals surface area contributed by atoms with Crippen LogP contribution in [0.1, 0.15) is 44.9 Å². The summed E-state index contributed by atoms with van der Waals surface area (Å²) in [7, 11) is 0. The first-order chi connectivity index (χ1) is 8.88. The van der Waals surface area contributed by atoms with Crippen molar-refractivity contribution in [2.24, 2.45) is 11.7 Å². The lowest BCUT2D eigenvalue weighted by Gasteiger charge is -2.21. The lowest BCUT2D eigenvalue weighted by molar-refractivity contribution is 0.309. The van der Waals surface area contributed by atoms with Crippen LogP contribution in [0.2, 0.25) is 0 Å². The SMILES string of the molecule is Cl.NCCCOc1cnn(CCC2CCCCC2)c1. The molecule has 0 aliphatic heterocycles. The van der Waals surface area contributed by atoms with Gasteiger partial charge in [-0.2, -0.15) is 5.10 Å². The van der Waals surface area contributed by atoms with E-state index in [1.165, 1.54) is 38.5 Å². The summed E-state index contributed by atoms with van der Waals surface area (Å²) in [6.45, 7) is 2.38. The molecule has 1 aliphatic carbocycles. The van der Waals surface area contributed by atoms with Crippen LogP contribution in [-0.2, 0) is 6.54 Å². The summed E-state index contributed by atoms with van der Waals surface area (Å²) in [6.07, 6.45) is 13.0. The average molecular weight is 288 g/mol. The van der Waals surface area contributed by atoms with Gasteiger partial charge in [-0.3, -0.25) is 4.68 Å². The minimum absolute atomic E-state index is 0. The molecular weight excluding hydrogens is 262 g/mol. The van der Waals surface area contributed by atoms with Crippen LogP contribution in [0, 0.1) is 5.92 Å². The van der Waals surface area contributed by atoms with Gasteiger partial charge in [0, 0.05) is 6.54 Å². The Morgan fingerprint density at radius 3 is 2.84 bits per heavy atom. The molecule has 0 atom stereocenters. The third-order valence-corrected chi connectivity index (χ3v) is 3.72. The number of aromatic nitrogens is 2. The molecule has 0 unspecified atom stereocenters. The molecule has 1 aromatic rings. The van der Waals surface area contributed by atoms with Crippen LogP contribution >= 0.6 is 12.4 Å². The van der Waals surface area contributed by atoms with Gasteiger partial charge in [0.05, 0.1) is 19.0 Å². The lowest BCUT2D eigenvalue weighted by atomic mass is 9.87. The van der Waals surface area contributed by atoms with Gasteiger partial charge >= 0.3 is 0 Å². The van der Waals surface area contributed by atoms with Crippen molar-refractivity contribution in [1.82, 2.24) is 9.78 Å². The van der Waals surface area contributed by atoms with Crippen LogP contribution in [0.5, 0.6) is 5.75 Å². The Morgan fingerprint density at radius 2 is 2.11 bits per heavy atom. The van der Waals surface area contributed by atoms with E-state index in [-0.39, 0.29) is 12.4 Å². The van der Waals surface area contributed by atoms with Crippen LogP contribution < -0.4 is 10.5 Å². The third-order valence-electron chi connectivity index (χ3n) is 3.72. The summed E-state index contributed by atoms with van der Waals surface area (Å²) in [5, 5.41) is 4.34. The number of halogens is 1. The van der Waals surface area contributed by atoms with E-state index in [0.29, 0.717) is 13.2 Å². The van der Waals surface area contributed by atoms with Crippen LogP contribution in [0.25, 0.3) is 0 Å². The molecule has 0 aromatic carbocycles. The molecule has 110 valence electrons. The monoisotopic (exact) mass is 287 g/mol. The highest BCUT2D eigenvalue weighted by Crippen LogP contribution is 2.26. The quantitative estimate of drug-likeness (QED) is 0.784. The largest absolute Gasteiger partial charge is 0.490 e. The predicted molar refractivity (Wildman–Crippen MR) is 79.8 cm³/mol. The summed E-state index contributed by atoms with van der Waals surface area (Å²) in [6, 6.07) is 0. The fraction of sp³-hybridized carbons (Fsp3) is 0.786.